The van der Waals surface area contributed by atoms with Crippen molar-refractivity contribution >= 4 is 5.78 Å². The monoisotopic (exact) mass is 190 g/mol. The van der Waals surface area contributed by atoms with Gasteiger partial charge in [-0.1, -0.05) is 20.8 Å². The zero-order valence-corrected chi connectivity index (χ0v) is 8.94. The Morgan fingerprint density at radius 2 is 2.00 bits per heavy atom. The highest BCUT2D eigenvalue weighted by molar-refractivity contribution is 5.36. The number of fused-ring (bicyclic) bond motifs is 1. The highest BCUT2D eigenvalue weighted by Gasteiger charge is 2.22. The predicted molar refractivity (Wildman–Crippen MR) is 54.2 cm³/mol. The Balaban J connectivity index is 2.81. The number of nitrogens with zero attached hydrogens (tertiary/aromatic N) is 4. The Kier molecular flexibility index (Phi) is 1.80. The van der Waals surface area contributed by atoms with E-state index < -0.39 is 0 Å². The zero-order chi connectivity index (χ0) is 10.3. The first-order valence-corrected chi connectivity index (χ1v) is 4.65. The van der Waals surface area contributed by atoms with Crippen LogP contribution in [-0.4, -0.2) is 19.4 Å². The van der Waals surface area contributed by atoms with E-state index in [1.807, 2.05) is 11.3 Å². The molecule has 0 aliphatic rings. The molecule has 14 heavy (non-hydrogen) atoms. The minimum absolute atomic E-state index is 0.0637. The van der Waals surface area contributed by atoms with Crippen LogP contribution >= 0.6 is 0 Å². The van der Waals surface area contributed by atoms with Crippen LogP contribution in [0.3, 0.4) is 0 Å². The molecule has 0 saturated heterocycles. The van der Waals surface area contributed by atoms with Crippen LogP contribution < -0.4 is 0 Å². The van der Waals surface area contributed by atoms with E-state index in [9.17, 15) is 0 Å². The summed E-state index contributed by atoms with van der Waals surface area (Å²) in [5.74, 6) is 0.724. The Morgan fingerprint density at radius 1 is 1.29 bits per heavy atom. The Morgan fingerprint density at radius 3 is 2.64 bits per heavy atom. The molecule has 4 nitrogen and oxygen atoms in total. The van der Waals surface area contributed by atoms with Crippen molar-refractivity contribution in [2.24, 2.45) is 0 Å². The van der Waals surface area contributed by atoms with Gasteiger partial charge in [-0.2, -0.15) is 0 Å². The van der Waals surface area contributed by atoms with Crippen LogP contribution in [0.2, 0.25) is 0 Å². The number of hydrogen-bond acceptors (Lipinski definition) is 3. The van der Waals surface area contributed by atoms with Crippen LogP contribution in [0.5, 0.6) is 0 Å². The molecule has 0 N–H and O–H groups in total. The molecule has 0 bridgehead atoms. The molecule has 0 fully saturated rings. The number of hydrogen-bond donors (Lipinski definition) is 0. The third kappa shape index (κ3) is 1.27. The van der Waals surface area contributed by atoms with E-state index in [0.29, 0.717) is 0 Å². The molecule has 4 heteroatoms. The number of aromatic nitrogens is 4. The lowest BCUT2D eigenvalue weighted by molar-refractivity contribution is 0.557. The Hall–Kier alpha value is -1.45. The molecule has 0 aliphatic heterocycles. The quantitative estimate of drug-likeness (QED) is 0.635. The maximum absolute atomic E-state index is 4.39. The summed E-state index contributed by atoms with van der Waals surface area (Å²) in [4.78, 5) is 12.5. The van der Waals surface area contributed by atoms with Gasteiger partial charge in [-0.05, 0) is 6.92 Å². The van der Waals surface area contributed by atoms with E-state index in [-0.39, 0.29) is 5.41 Å². The number of imidazole rings is 1. The van der Waals surface area contributed by atoms with Crippen molar-refractivity contribution in [3.63, 3.8) is 0 Å². The van der Waals surface area contributed by atoms with Gasteiger partial charge < -0.3 is 0 Å². The van der Waals surface area contributed by atoms with Crippen molar-refractivity contribution in [1.29, 1.82) is 0 Å². The van der Waals surface area contributed by atoms with Gasteiger partial charge in [0, 0.05) is 5.41 Å². The molecule has 2 aromatic rings. The van der Waals surface area contributed by atoms with E-state index in [0.717, 1.165) is 11.5 Å². The molecule has 2 heterocycles. The number of aryl methyl sites for hydroxylation is 1. The summed E-state index contributed by atoms with van der Waals surface area (Å²) in [6.45, 7) is 8.50. The van der Waals surface area contributed by atoms with Crippen molar-refractivity contribution in [3.05, 3.63) is 24.0 Å². The minimum Gasteiger partial charge on any atom is -0.270 e. The Bertz CT molecular complexity index is 464. The second kappa shape index (κ2) is 2.77. The molecule has 0 unspecified atom stereocenters. The largest absolute Gasteiger partial charge is 0.270 e. The second-order valence-corrected chi connectivity index (χ2v) is 4.47. The van der Waals surface area contributed by atoms with Crippen LogP contribution in [-0.2, 0) is 5.41 Å². The molecular weight excluding hydrogens is 176 g/mol. The SMILES string of the molecule is Cc1nc2ncncn2c1C(C)(C)C. The van der Waals surface area contributed by atoms with Crippen LogP contribution in [0, 0.1) is 6.92 Å². The van der Waals surface area contributed by atoms with Gasteiger partial charge in [0.2, 0.25) is 5.78 Å². The van der Waals surface area contributed by atoms with Gasteiger partial charge in [0.25, 0.3) is 0 Å². The molecule has 74 valence electrons. The van der Waals surface area contributed by atoms with E-state index in [2.05, 4.69) is 35.7 Å². The maximum Gasteiger partial charge on any atom is 0.236 e. The maximum atomic E-state index is 4.39. The van der Waals surface area contributed by atoms with E-state index in [4.69, 9.17) is 0 Å². The smallest absolute Gasteiger partial charge is 0.236 e. The van der Waals surface area contributed by atoms with Gasteiger partial charge in [0.1, 0.15) is 12.7 Å². The minimum atomic E-state index is 0.0637. The van der Waals surface area contributed by atoms with Crippen molar-refractivity contribution < 1.29 is 0 Å². The van der Waals surface area contributed by atoms with E-state index in [1.54, 1.807) is 6.33 Å². The van der Waals surface area contributed by atoms with Gasteiger partial charge >= 0.3 is 0 Å². The Labute approximate surface area is 83.0 Å². The van der Waals surface area contributed by atoms with E-state index in [1.165, 1.54) is 12.0 Å². The summed E-state index contributed by atoms with van der Waals surface area (Å²) >= 11 is 0. The molecule has 0 aliphatic carbocycles. The highest BCUT2D eigenvalue weighted by Crippen LogP contribution is 2.25. The molecular formula is C10H14N4. The van der Waals surface area contributed by atoms with Crippen molar-refractivity contribution in [2.75, 3.05) is 0 Å². The van der Waals surface area contributed by atoms with Crippen LogP contribution in [0.1, 0.15) is 32.2 Å². The van der Waals surface area contributed by atoms with Gasteiger partial charge in [0.05, 0.1) is 11.4 Å². The van der Waals surface area contributed by atoms with Crippen molar-refractivity contribution in [2.45, 2.75) is 33.1 Å². The third-order valence-electron chi connectivity index (χ3n) is 2.20. The average Bonchev–Trinajstić information content (AvgIpc) is 2.38. The third-order valence-corrected chi connectivity index (χ3v) is 2.20. The predicted octanol–water partition coefficient (Wildman–Crippen LogP) is 1.73. The molecule has 0 radical (unpaired) electrons. The molecule has 0 spiro atoms. The second-order valence-electron chi connectivity index (χ2n) is 4.47. The lowest BCUT2D eigenvalue weighted by Crippen LogP contribution is -2.16. The molecule has 0 saturated carbocycles. The first kappa shape index (κ1) is 9.12. The first-order chi connectivity index (χ1) is 6.50. The summed E-state index contributed by atoms with van der Waals surface area (Å²) in [6.07, 6.45) is 3.29. The van der Waals surface area contributed by atoms with Gasteiger partial charge in [-0.15, -0.1) is 0 Å². The summed E-state index contributed by atoms with van der Waals surface area (Å²) in [7, 11) is 0. The lowest BCUT2D eigenvalue weighted by atomic mass is 9.91. The van der Waals surface area contributed by atoms with Gasteiger partial charge in [-0.3, -0.25) is 4.40 Å². The normalized spacial score (nSPS) is 12.3. The van der Waals surface area contributed by atoms with E-state index >= 15 is 0 Å². The fourth-order valence-corrected chi connectivity index (χ4v) is 1.82. The molecule has 2 aromatic heterocycles. The molecule has 0 amide bonds. The first-order valence-electron chi connectivity index (χ1n) is 4.65. The van der Waals surface area contributed by atoms with Crippen molar-refractivity contribution in [1.82, 2.24) is 19.4 Å². The zero-order valence-electron chi connectivity index (χ0n) is 8.94. The molecule has 2 rings (SSSR count). The number of rotatable bonds is 0. The molecule has 0 atom stereocenters. The highest BCUT2D eigenvalue weighted by atomic mass is 15.1. The lowest BCUT2D eigenvalue weighted by Gasteiger charge is -2.18. The summed E-state index contributed by atoms with van der Waals surface area (Å²) in [6, 6.07) is 0. The fourth-order valence-electron chi connectivity index (χ4n) is 1.82. The van der Waals surface area contributed by atoms with Crippen LogP contribution in [0.4, 0.5) is 0 Å². The van der Waals surface area contributed by atoms with Crippen LogP contribution in [0.25, 0.3) is 5.78 Å². The molecule has 0 aromatic carbocycles. The van der Waals surface area contributed by atoms with Gasteiger partial charge in [0.15, 0.2) is 0 Å². The summed E-state index contributed by atoms with van der Waals surface area (Å²) in [5.41, 5.74) is 2.26. The van der Waals surface area contributed by atoms with Gasteiger partial charge in [-0.25, -0.2) is 15.0 Å². The topological polar surface area (TPSA) is 43.1 Å². The average molecular weight is 190 g/mol. The van der Waals surface area contributed by atoms with Crippen molar-refractivity contribution in [3.8, 4) is 0 Å². The standard InChI is InChI=1S/C10H14N4/c1-7-8(10(2,3)4)14-6-11-5-12-9(14)13-7/h5-6H,1-4H3. The fraction of sp³-hybridized carbons (Fsp3) is 0.500. The summed E-state index contributed by atoms with van der Waals surface area (Å²) in [5, 5.41) is 0. The van der Waals surface area contributed by atoms with Crippen LogP contribution in [0.15, 0.2) is 12.7 Å². The summed E-state index contributed by atoms with van der Waals surface area (Å²) < 4.78 is 1.95.